The first-order chi connectivity index (χ1) is 11.8. The lowest BCUT2D eigenvalue weighted by atomic mass is 9.77. The fraction of sp³-hybridized carbons (Fsp3) is 0.471. The Bertz CT molecular complexity index is 773. The molecule has 0 radical (unpaired) electrons. The fourth-order valence-corrected chi connectivity index (χ4v) is 2.79. The zero-order chi connectivity index (χ0) is 18.2. The molecule has 9 heteroatoms. The Balaban J connectivity index is 0.00000243. The van der Waals surface area contributed by atoms with Crippen LogP contribution in [0, 0.1) is 17.6 Å². The van der Waals surface area contributed by atoms with Gasteiger partial charge in [0.15, 0.2) is 5.82 Å². The number of nitrogens with two attached hydrogens (primary N) is 1. The molecule has 3 N–H and O–H groups in total. The second kappa shape index (κ2) is 7.67. The van der Waals surface area contributed by atoms with Crippen LogP contribution >= 0.6 is 12.4 Å². The zero-order valence-corrected chi connectivity index (χ0v) is 15.3. The van der Waals surface area contributed by atoms with Gasteiger partial charge in [-0.3, -0.25) is 4.79 Å². The van der Waals surface area contributed by atoms with E-state index >= 15 is 0 Å². The molecule has 6 nitrogen and oxygen atoms in total. The van der Waals surface area contributed by atoms with E-state index in [9.17, 15) is 13.6 Å². The van der Waals surface area contributed by atoms with E-state index < -0.39 is 34.7 Å². The van der Waals surface area contributed by atoms with Crippen molar-refractivity contribution in [2.24, 2.45) is 11.7 Å². The normalized spacial score (nSPS) is 16.5. The Kier molecular flexibility index (Phi) is 5.98. The van der Waals surface area contributed by atoms with E-state index in [1.807, 2.05) is 13.8 Å². The number of hydrogen-bond acceptors (Lipinski definition) is 5. The van der Waals surface area contributed by atoms with Crippen LogP contribution in [0.3, 0.4) is 0 Å². The molecule has 1 amide bonds. The molecule has 0 spiro atoms. The van der Waals surface area contributed by atoms with Crippen LogP contribution in [-0.2, 0) is 5.54 Å². The number of benzene rings is 1. The predicted molar refractivity (Wildman–Crippen MR) is 92.7 cm³/mol. The maximum absolute atomic E-state index is 13.8. The smallest absolute Gasteiger partial charge is 0.257 e. The Morgan fingerprint density at radius 2 is 1.92 bits per heavy atom. The summed E-state index contributed by atoms with van der Waals surface area (Å²) in [5.74, 6) is -2.30. The fourth-order valence-electron chi connectivity index (χ4n) is 2.79. The minimum Gasteiger partial charge on any atom is -0.340 e. The molecule has 0 unspecified atom stereocenters. The molecule has 26 heavy (non-hydrogen) atoms. The van der Waals surface area contributed by atoms with Crippen LogP contribution in [-0.4, -0.2) is 16.0 Å². The van der Waals surface area contributed by atoms with Gasteiger partial charge in [0.25, 0.3) is 5.91 Å². The van der Waals surface area contributed by atoms with Crippen molar-refractivity contribution in [3.8, 4) is 0 Å². The Labute approximate surface area is 155 Å². The van der Waals surface area contributed by atoms with Crippen LogP contribution in [0.5, 0.6) is 0 Å². The van der Waals surface area contributed by atoms with Gasteiger partial charge in [0.2, 0.25) is 5.89 Å². The highest BCUT2D eigenvalue weighted by molar-refractivity contribution is 5.94. The van der Waals surface area contributed by atoms with Crippen molar-refractivity contribution in [1.29, 1.82) is 0 Å². The van der Waals surface area contributed by atoms with Crippen molar-refractivity contribution in [3.63, 3.8) is 0 Å². The van der Waals surface area contributed by atoms with Crippen LogP contribution in [0.1, 0.15) is 61.2 Å². The number of hydrogen-bond donors (Lipinski definition) is 2. The maximum atomic E-state index is 13.8. The molecular weight excluding hydrogens is 366 g/mol. The molecule has 1 atom stereocenters. The van der Waals surface area contributed by atoms with Crippen LogP contribution < -0.4 is 11.1 Å². The van der Waals surface area contributed by atoms with E-state index in [0.29, 0.717) is 5.82 Å². The molecule has 0 aliphatic heterocycles. The second-order valence-corrected chi connectivity index (χ2v) is 6.76. The van der Waals surface area contributed by atoms with Crippen molar-refractivity contribution in [2.45, 2.75) is 44.7 Å². The monoisotopic (exact) mass is 386 g/mol. The van der Waals surface area contributed by atoms with Crippen LogP contribution in [0.2, 0.25) is 0 Å². The number of carbonyl (C=O) groups excluding carboxylic acids is 1. The molecule has 1 aromatic carbocycles. The molecule has 1 aromatic heterocycles. The molecule has 0 bridgehead atoms. The second-order valence-electron chi connectivity index (χ2n) is 6.76. The van der Waals surface area contributed by atoms with Gasteiger partial charge in [-0.05, 0) is 37.3 Å². The van der Waals surface area contributed by atoms with E-state index in [0.717, 1.165) is 31.4 Å². The van der Waals surface area contributed by atoms with Gasteiger partial charge in [0, 0.05) is 0 Å². The lowest BCUT2D eigenvalue weighted by Gasteiger charge is -2.34. The molecule has 3 rings (SSSR count). The van der Waals surface area contributed by atoms with Crippen molar-refractivity contribution in [1.82, 2.24) is 15.5 Å². The van der Waals surface area contributed by atoms with Gasteiger partial charge in [0.05, 0.1) is 5.54 Å². The van der Waals surface area contributed by atoms with Crippen molar-refractivity contribution in [3.05, 3.63) is 47.1 Å². The van der Waals surface area contributed by atoms with Gasteiger partial charge in [0.1, 0.15) is 23.2 Å². The van der Waals surface area contributed by atoms with Crippen LogP contribution in [0.4, 0.5) is 8.78 Å². The van der Waals surface area contributed by atoms with Crippen molar-refractivity contribution < 1.29 is 18.1 Å². The summed E-state index contributed by atoms with van der Waals surface area (Å²) in [5, 5.41) is 6.49. The third kappa shape index (κ3) is 3.71. The average molecular weight is 387 g/mol. The minimum absolute atomic E-state index is 0. The number of nitrogens with one attached hydrogen (secondary N) is 1. The van der Waals surface area contributed by atoms with Crippen molar-refractivity contribution in [2.75, 3.05) is 0 Å². The number of rotatable bonds is 5. The molecule has 1 aliphatic carbocycles. The van der Waals surface area contributed by atoms with Gasteiger partial charge in [-0.1, -0.05) is 25.1 Å². The summed E-state index contributed by atoms with van der Waals surface area (Å²) >= 11 is 0. The van der Waals surface area contributed by atoms with E-state index in [2.05, 4.69) is 15.5 Å². The minimum atomic E-state index is -0.929. The largest absolute Gasteiger partial charge is 0.340 e. The lowest BCUT2D eigenvalue weighted by Crippen LogP contribution is -2.44. The standard InChI is InChI=1S/C17H20F2N4O2.ClH/c1-9(2)13(15-22-16(23-25-15)17(20)7-4-8-17)21-14(24)12-10(18)5-3-6-11(12)19;/h3,5-6,9,13H,4,7-8,20H2,1-2H3,(H,21,24);1H/t13-;/m0./s1. The summed E-state index contributed by atoms with van der Waals surface area (Å²) < 4.78 is 32.9. The quantitative estimate of drug-likeness (QED) is 0.822. The highest BCUT2D eigenvalue weighted by Crippen LogP contribution is 2.37. The molecule has 1 saturated carbocycles. The summed E-state index contributed by atoms with van der Waals surface area (Å²) in [6.07, 6.45) is 2.54. The summed E-state index contributed by atoms with van der Waals surface area (Å²) in [6, 6.07) is 2.57. The first-order valence-electron chi connectivity index (χ1n) is 8.19. The van der Waals surface area contributed by atoms with Gasteiger partial charge >= 0.3 is 0 Å². The Morgan fingerprint density at radius 3 is 2.42 bits per heavy atom. The van der Waals surface area contributed by atoms with Crippen molar-refractivity contribution >= 4 is 18.3 Å². The SMILES string of the molecule is CC(C)[C@H](NC(=O)c1c(F)cccc1F)c1nc(C2(N)CCC2)no1.Cl. The Morgan fingerprint density at radius 1 is 1.31 bits per heavy atom. The number of carbonyl (C=O) groups is 1. The van der Waals surface area contributed by atoms with Gasteiger partial charge in [-0.2, -0.15) is 4.98 Å². The third-order valence-electron chi connectivity index (χ3n) is 4.54. The van der Waals surface area contributed by atoms with Crippen LogP contribution in [0.15, 0.2) is 22.7 Å². The zero-order valence-electron chi connectivity index (χ0n) is 14.5. The topological polar surface area (TPSA) is 94.0 Å². The molecule has 0 saturated heterocycles. The molecule has 1 fully saturated rings. The summed E-state index contributed by atoms with van der Waals surface area (Å²) in [5.41, 5.74) is 4.95. The maximum Gasteiger partial charge on any atom is 0.257 e. The van der Waals surface area contributed by atoms with Gasteiger partial charge in [-0.25, -0.2) is 8.78 Å². The first kappa shape index (κ1) is 20.3. The molecule has 1 aliphatic rings. The summed E-state index contributed by atoms with van der Waals surface area (Å²) in [6.45, 7) is 3.65. The van der Waals surface area contributed by atoms with E-state index in [-0.39, 0.29) is 24.2 Å². The molecule has 1 heterocycles. The van der Waals surface area contributed by atoms with E-state index in [1.54, 1.807) is 0 Å². The average Bonchev–Trinajstić information content (AvgIpc) is 2.99. The van der Waals surface area contributed by atoms with Gasteiger partial charge < -0.3 is 15.6 Å². The number of halogens is 3. The highest BCUT2D eigenvalue weighted by atomic mass is 35.5. The third-order valence-corrected chi connectivity index (χ3v) is 4.54. The number of amides is 1. The first-order valence-corrected chi connectivity index (χ1v) is 8.19. The predicted octanol–water partition coefficient (Wildman–Crippen LogP) is 3.23. The van der Waals surface area contributed by atoms with Crippen LogP contribution in [0.25, 0.3) is 0 Å². The molecule has 2 aromatic rings. The molecule has 142 valence electrons. The summed E-state index contributed by atoms with van der Waals surface area (Å²) in [4.78, 5) is 16.7. The number of nitrogens with zero attached hydrogens (tertiary/aromatic N) is 2. The lowest BCUT2D eigenvalue weighted by molar-refractivity contribution is 0.0905. The highest BCUT2D eigenvalue weighted by Gasteiger charge is 2.40. The number of aromatic nitrogens is 2. The molecular formula is C17H21ClF2N4O2. The Hall–Kier alpha value is -2.06. The summed E-state index contributed by atoms with van der Waals surface area (Å²) in [7, 11) is 0. The van der Waals surface area contributed by atoms with E-state index in [4.69, 9.17) is 10.3 Å². The van der Waals surface area contributed by atoms with Gasteiger partial charge in [-0.15, -0.1) is 12.4 Å². The van der Waals surface area contributed by atoms with E-state index in [1.165, 1.54) is 6.07 Å².